The Morgan fingerprint density at radius 1 is 0.571 bits per heavy atom. The Kier molecular flexibility index (Phi) is 2.09. The molecule has 0 fully saturated rings. The summed E-state index contributed by atoms with van der Waals surface area (Å²) in [6.07, 6.45) is 1.04. The molecule has 5 rings (SSSR count). The maximum Gasteiger partial charge on any atom is -0.00130 e. The average molecular weight is 266 g/mol. The van der Waals surface area contributed by atoms with Crippen molar-refractivity contribution in [2.75, 3.05) is 0 Å². The molecule has 21 heavy (non-hydrogen) atoms. The van der Waals surface area contributed by atoms with Crippen molar-refractivity contribution in [2.45, 2.75) is 6.42 Å². The lowest BCUT2D eigenvalue weighted by atomic mass is 9.81. The van der Waals surface area contributed by atoms with E-state index in [1.165, 1.54) is 43.8 Å². The minimum Gasteiger partial charge on any atom is -0.0616 e. The van der Waals surface area contributed by atoms with Crippen molar-refractivity contribution in [1.29, 1.82) is 0 Å². The first-order valence-corrected chi connectivity index (χ1v) is 7.43. The fraction of sp³-hybridized carbons (Fsp3) is 0.0476. The van der Waals surface area contributed by atoms with Crippen molar-refractivity contribution in [1.82, 2.24) is 0 Å². The van der Waals surface area contributed by atoms with Gasteiger partial charge in [-0.3, -0.25) is 0 Å². The minimum atomic E-state index is 1.04. The van der Waals surface area contributed by atoms with Gasteiger partial charge in [-0.15, -0.1) is 0 Å². The molecule has 0 radical (unpaired) electrons. The van der Waals surface area contributed by atoms with Crippen molar-refractivity contribution < 1.29 is 0 Å². The molecule has 0 aliphatic heterocycles. The first kappa shape index (κ1) is 11.1. The van der Waals surface area contributed by atoms with Gasteiger partial charge in [0.2, 0.25) is 0 Å². The van der Waals surface area contributed by atoms with Gasteiger partial charge >= 0.3 is 0 Å². The second-order valence-corrected chi connectivity index (χ2v) is 5.82. The van der Waals surface area contributed by atoms with Crippen molar-refractivity contribution in [3.63, 3.8) is 0 Å². The highest BCUT2D eigenvalue weighted by Gasteiger charge is 2.19. The van der Waals surface area contributed by atoms with Gasteiger partial charge in [0.25, 0.3) is 0 Å². The van der Waals surface area contributed by atoms with Crippen LogP contribution in [-0.2, 0) is 6.42 Å². The summed E-state index contributed by atoms with van der Waals surface area (Å²) in [6, 6.07) is 26.6. The molecule has 0 N–H and O–H groups in total. The van der Waals surface area contributed by atoms with Gasteiger partial charge in [-0.1, -0.05) is 72.8 Å². The van der Waals surface area contributed by atoms with Gasteiger partial charge < -0.3 is 0 Å². The largest absolute Gasteiger partial charge is 0.0616 e. The van der Waals surface area contributed by atoms with E-state index in [2.05, 4.69) is 72.8 Å². The molecule has 0 bridgehead atoms. The molecule has 0 nitrogen and oxygen atoms in total. The van der Waals surface area contributed by atoms with E-state index in [4.69, 9.17) is 0 Å². The van der Waals surface area contributed by atoms with E-state index in [1.807, 2.05) is 0 Å². The molecule has 0 spiro atoms. The van der Waals surface area contributed by atoms with Crippen molar-refractivity contribution >= 4 is 21.5 Å². The van der Waals surface area contributed by atoms with Crippen LogP contribution in [0, 0.1) is 0 Å². The summed E-state index contributed by atoms with van der Waals surface area (Å²) >= 11 is 0. The number of hydrogen-bond donors (Lipinski definition) is 0. The third kappa shape index (κ3) is 1.45. The minimum absolute atomic E-state index is 1.04. The zero-order valence-corrected chi connectivity index (χ0v) is 11.6. The molecule has 0 aromatic heterocycles. The molecule has 1 aliphatic rings. The molecule has 0 atom stereocenters. The van der Waals surface area contributed by atoms with Crippen LogP contribution in [0.3, 0.4) is 0 Å². The number of hydrogen-bond acceptors (Lipinski definition) is 0. The Labute approximate surface area is 123 Å². The highest BCUT2D eigenvalue weighted by Crippen LogP contribution is 2.42. The lowest BCUT2D eigenvalue weighted by Crippen LogP contribution is -2.01. The van der Waals surface area contributed by atoms with Crippen LogP contribution >= 0.6 is 0 Å². The monoisotopic (exact) mass is 266 g/mol. The second kappa shape index (κ2) is 3.95. The lowest BCUT2D eigenvalue weighted by Gasteiger charge is -2.22. The van der Waals surface area contributed by atoms with Gasteiger partial charge in [-0.2, -0.15) is 0 Å². The van der Waals surface area contributed by atoms with E-state index >= 15 is 0 Å². The molecule has 4 aromatic rings. The van der Waals surface area contributed by atoms with E-state index in [1.54, 1.807) is 0 Å². The van der Waals surface area contributed by atoms with E-state index < -0.39 is 0 Å². The predicted octanol–water partition coefficient (Wildman–Crippen LogP) is 5.56. The molecule has 0 heteroatoms. The summed E-state index contributed by atoms with van der Waals surface area (Å²) in [5.41, 5.74) is 5.71. The zero-order valence-electron chi connectivity index (χ0n) is 11.6. The Morgan fingerprint density at radius 2 is 1.38 bits per heavy atom. The second-order valence-electron chi connectivity index (χ2n) is 5.82. The van der Waals surface area contributed by atoms with Gasteiger partial charge in [0, 0.05) is 0 Å². The quantitative estimate of drug-likeness (QED) is 0.344. The van der Waals surface area contributed by atoms with Gasteiger partial charge in [-0.25, -0.2) is 0 Å². The summed E-state index contributed by atoms with van der Waals surface area (Å²) in [5.74, 6) is 0. The summed E-state index contributed by atoms with van der Waals surface area (Å²) in [4.78, 5) is 0. The molecular formula is C21H14. The van der Waals surface area contributed by atoms with Gasteiger partial charge in [0.1, 0.15) is 0 Å². The van der Waals surface area contributed by atoms with Gasteiger partial charge in [0.15, 0.2) is 0 Å². The maximum atomic E-state index is 2.30. The lowest BCUT2D eigenvalue weighted by molar-refractivity contribution is 1.21. The number of fused-ring (bicyclic) bond motifs is 4. The molecule has 0 unspecified atom stereocenters. The first-order valence-electron chi connectivity index (χ1n) is 7.43. The van der Waals surface area contributed by atoms with Crippen LogP contribution in [0.2, 0.25) is 0 Å². The molecule has 0 heterocycles. The van der Waals surface area contributed by atoms with E-state index in [-0.39, 0.29) is 0 Å². The van der Waals surface area contributed by atoms with Crippen LogP contribution in [0.4, 0.5) is 0 Å². The first-order chi connectivity index (χ1) is 10.4. The third-order valence-electron chi connectivity index (χ3n) is 4.66. The van der Waals surface area contributed by atoms with Crippen molar-refractivity contribution in [2.24, 2.45) is 0 Å². The average Bonchev–Trinajstić information content (AvgIpc) is 2.55. The van der Waals surface area contributed by atoms with Crippen LogP contribution in [-0.4, -0.2) is 0 Å². The Hall–Kier alpha value is -2.60. The Bertz CT molecular complexity index is 1000. The molecule has 1 aliphatic carbocycles. The molecular weight excluding hydrogens is 252 g/mol. The van der Waals surface area contributed by atoms with Crippen LogP contribution in [0.15, 0.2) is 72.8 Å². The Morgan fingerprint density at radius 3 is 2.33 bits per heavy atom. The molecule has 4 aromatic carbocycles. The topological polar surface area (TPSA) is 0 Å². The summed E-state index contributed by atoms with van der Waals surface area (Å²) in [7, 11) is 0. The molecule has 0 saturated carbocycles. The smallest absolute Gasteiger partial charge is 0.00130 e. The molecule has 0 saturated heterocycles. The molecule has 0 amide bonds. The van der Waals surface area contributed by atoms with Crippen molar-refractivity contribution in [3.05, 3.63) is 83.9 Å². The van der Waals surface area contributed by atoms with E-state index in [9.17, 15) is 0 Å². The highest BCUT2D eigenvalue weighted by molar-refractivity contribution is 6.09. The van der Waals surface area contributed by atoms with Crippen LogP contribution < -0.4 is 0 Å². The standard InChI is InChI=1S/C21H14/c1-2-9-18-14(5-1)11-12-17-13-16-8-3-6-15-7-4-10-19(20(15)16)21(17)18/h1-12H,13H2. The van der Waals surface area contributed by atoms with Crippen LogP contribution in [0.1, 0.15) is 11.1 Å². The normalized spacial score (nSPS) is 12.6. The fourth-order valence-corrected chi connectivity index (χ4v) is 3.76. The summed E-state index contributed by atoms with van der Waals surface area (Å²) < 4.78 is 0. The third-order valence-corrected chi connectivity index (χ3v) is 4.66. The zero-order chi connectivity index (χ0) is 13.8. The van der Waals surface area contributed by atoms with E-state index in [0.717, 1.165) is 6.42 Å². The SMILES string of the molecule is c1ccc2c3c(ccc2c1)Cc1cccc2cccc-3c12. The summed E-state index contributed by atoms with van der Waals surface area (Å²) in [5, 5.41) is 5.48. The molecule has 98 valence electrons. The van der Waals surface area contributed by atoms with Gasteiger partial charge in [0.05, 0.1) is 0 Å². The fourth-order valence-electron chi connectivity index (χ4n) is 3.76. The highest BCUT2D eigenvalue weighted by atomic mass is 14.2. The number of rotatable bonds is 0. The van der Waals surface area contributed by atoms with Crippen LogP contribution in [0.5, 0.6) is 0 Å². The predicted molar refractivity (Wildman–Crippen MR) is 89.7 cm³/mol. The van der Waals surface area contributed by atoms with Crippen molar-refractivity contribution in [3.8, 4) is 11.1 Å². The van der Waals surface area contributed by atoms with Crippen LogP contribution in [0.25, 0.3) is 32.7 Å². The Balaban J connectivity index is 2.03. The van der Waals surface area contributed by atoms with Gasteiger partial charge in [-0.05, 0) is 50.2 Å². The maximum absolute atomic E-state index is 2.30. The summed E-state index contributed by atoms with van der Waals surface area (Å²) in [6.45, 7) is 0. The number of benzene rings is 4. The van der Waals surface area contributed by atoms with E-state index in [0.29, 0.717) is 0 Å².